The van der Waals surface area contributed by atoms with E-state index in [4.69, 9.17) is 9.47 Å². The summed E-state index contributed by atoms with van der Waals surface area (Å²) in [6, 6.07) is -1.56. The molecule has 0 unspecified atom stereocenters. The number of rotatable bonds is 6. The Labute approximate surface area is 121 Å². The maximum atomic E-state index is 11.9. The first-order valence-electron chi connectivity index (χ1n) is 6.49. The molecule has 0 atom stereocenters. The van der Waals surface area contributed by atoms with Gasteiger partial charge in [0.25, 0.3) is 5.91 Å². The third-order valence-corrected chi connectivity index (χ3v) is 2.49. The number of hydrogen-bond donors (Lipinski definition) is 2. The summed E-state index contributed by atoms with van der Waals surface area (Å²) >= 11 is 0. The third kappa shape index (κ3) is 4.86. The lowest BCUT2D eigenvalue weighted by Crippen LogP contribution is -2.51. The monoisotopic (exact) mass is 299 g/mol. The smallest absolute Gasteiger partial charge is 0.340 e. The fraction of sp³-hybridized carbons (Fsp3) is 0.583. The fourth-order valence-corrected chi connectivity index (χ4v) is 1.52. The number of nitrogens with one attached hydrogen (secondary N) is 2. The minimum absolute atomic E-state index is 0.0215. The Morgan fingerprint density at radius 1 is 1.19 bits per heavy atom. The molecular weight excluding hydrogens is 282 g/mol. The molecule has 1 rings (SSSR count). The number of amides is 2. The molecule has 0 radical (unpaired) electrons. The van der Waals surface area contributed by atoms with E-state index in [2.05, 4.69) is 15.8 Å². The third-order valence-electron chi connectivity index (χ3n) is 2.49. The van der Waals surface area contributed by atoms with E-state index in [0.717, 1.165) is 0 Å². The Kier molecular flexibility index (Phi) is 6.31. The molecule has 1 heterocycles. The Morgan fingerprint density at radius 2 is 1.76 bits per heavy atom. The van der Waals surface area contributed by atoms with Crippen LogP contribution in [0.4, 0.5) is 0 Å². The molecule has 0 saturated heterocycles. The van der Waals surface area contributed by atoms with Crippen LogP contribution in [0.1, 0.15) is 26.7 Å². The standard InChI is InChI=1S/C12H17N3O6/c1-3-20-11(18)9(12(19)21-4-2)13-10(17)7-5-6-8(16)15-14-7/h9H,3-6H2,1-2H3,(H,13,17)(H,15,16). The van der Waals surface area contributed by atoms with Gasteiger partial charge in [-0.15, -0.1) is 0 Å². The SMILES string of the molecule is CCOC(=O)C(NC(=O)C1=NNC(=O)CC1)C(=O)OCC. The van der Waals surface area contributed by atoms with Gasteiger partial charge in [-0.25, -0.2) is 15.0 Å². The first-order valence-corrected chi connectivity index (χ1v) is 6.49. The average Bonchev–Trinajstić information content (AvgIpc) is 2.45. The molecule has 9 heteroatoms. The molecule has 0 aromatic rings. The summed E-state index contributed by atoms with van der Waals surface area (Å²) < 4.78 is 9.43. The number of carbonyl (C=O) groups excluding carboxylic acids is 4. The first kappa shape index (κ1) is 16.6. The summed E-state index contributed by atoms with van der Waals surface area (Å²) in [6.45, 7) is 3.26. The summed E-state index contributed by atoms with van der Waals surface area (Å²) in [7, 11) is 0. The lowest BCUT2D eigenvalue weighted by Gasteiger charge is -2.17. The van der Waals surface area contributed by atoms with E-state index in [-0.39, 0.29) is 37.7 Å². The molecule has 1 aliphatic heterocycles. The lowest BCUT2D eigenvalue weighted by molar-refractivity contribution is -0.159. The minimum Gasteiger partial charge on any atom is -0.464 e. The van der Waals surface area contributed by atoms with E-state index in [1.54, 1.807) is 13.8 Å². The van der Waals surface area contributed by atoms with Crippen LogP contribution in [-0.2, 0) is 28.7 Å². The first-order chi connectivity index (χ1) is 9.99. The van der Waals surface area contributed by atoms with Crippen LogP contribution >= 0.6 is 0 Å². The predicted molar refractivity (Wildman–Crippen MR) is 70.0 cm³/mol. The van der Waals surface area contributed by atoms with Crippen molar-refractivity contribution in [2.75, 3.05) is 13.2 Å². The van der Waals surface area contributed by atoms with Crippen LogP contribution in [0.2, 0.25) is 0 Å². The van der Waals surface area contributed by atoms with Crippen molar-refractivity contribution in [1.82, 2.24) is 10.7 Å². The van der Waals surface area contributed by atoms with Gasteiger partial charge in [0.15, 0.2) is 0 Å². The van der Waals surface area contributed by atoms with E-state index in [1.807, 2.05) is 0 Å². The van der Waals surface area contributed by atoms with Crippen molar-refractivity contribution in [3.8, 4) is 0 Å². The number of nitrogens with zero attached hydrogens (tertiary/aromatic N) is 1. The van der Waals surface area contributed by atoms with Gasteiger partial charge in [0.1, 0.15) is 5.71 Å². The zero-order valence-electron chi connectivity index (χ0n) is 11.8. The molecule has 1 aliphatic rings. The van der Waals surface area contributed by atoms with Gasteiger partial charge in [-0.05, 0) is 13.8 Å². The van der Waals surface area contributed by atoms with E-state index < -0.39 is 23.9 Å². The average molecular weight is 299 g/mol. The summed E-state index contributed by atoms with van der Waals surface area (Å²) in [4.78, 5) is 46.2. The Balaban J connectivity index is 2.75. The second kappa shape index (κ2) is 7.98. The van der Waals surface area contributed by atoms with Crippen LogP contribution < -0.4 is 10.7 Å². The molecule has 0 aromatic heterocycles. The van der Waals surface area contributed by atoms with Gasteiger partial charge in [-0.2, -0.15) is 5.10 Å². The number of hydrogen-bond acceptors (Lipinski definition) is 7. The fourth-order valence-electron chi connectivity index (χ4n) is 1.52. The quantitative estimate of drug-likeness (QED) is 0.472. The van der Waals surface area contributed by atoms with Gasteiger partial charge in [0.05, 0.1) is 13.2 Å². The second-order valence-corrected chi connectivity index (χ2v) is 4.00. The summed E-state index contributed by atoms with van der Waals surface area (Å²) in [5.41, 5.74) is 2.17. The van der Waals surface area contributed by atoms with Crippen LogP contribution in [0.3, 0.4) is 0 Å². The van der Waals surface area contributed by atoms with Crippen LogP contribution in [0, 0.1) is 0 Å². The molecule has 0 bridgehead atoms. The normalized spacial score (nSPS) is 14.0. The highest BCUT2D eigenvalue weighted by Gasteiger charge is 2.33. The molecule has 0 aliphatic carbocycles. The van der Waals surface area contributed by atoms with Crippen molar-refractivity contribution in [3.63, 3.8) is 0 Å². The van der Waals surface area contributed by atoms with Crippen molar-refractivity contribution in [3.05, 3.63) is 0 Å². The zero-order valence-corrected chi connectivity index (χ0v) is 11.8. The summed E-state index contributed by atoms with van der Waals surface area (Å²) in [6.07, 6.45) is 0.228. The van der Waals surface area contributed by atoms with E-state index >= 15 is 0 Å². The number of esters is 2. The summed E-state index contributed by atoms with van der Waals surface area (Å²) in [5, 5.41) is 5.78. The minimum atomic E-state index is -1.56. The second-order valence-electron chi connectivity index (χ2n) is 4.00. The van der Waals surface area contributed by atoms with Gasteiger partial charge < -0.3 is 14.8 Å². The Morgan fingerprint density at radius 3 is 2.19 bits per heavy atom. The highest BCUT2D eigenvalue weighted by molar-refractivity contribution is 6.40. The number of hydrazone groups is 1. The molecule has 0 spiro atoms. The predicted octanol–water partition coefficient (Wildman–Crippen LogP) is -1.14. The van der Waals surface area contributed by atoms with Crippen molar-refractivity contribution in [2.45, 2.75) is 32.7 Å². The maximum Gasteiger partial charge on any atom is 0.340 e. The molecule has 116 valence electrons. The van der Waals surface area contributed by atoms with Crippen LogP contribution in [0.25, 0.3) is 0 Å². The van der Waals surface area contributed by atoms with E-state index in [9.17, 15) is 19.2 Å². The molecule has 9 nitrogen and oxygen atoms in total. The highest BCUT2D eigenvalue weighted by atomic mass is 16.6. The van der Waals surface area contributed by atoms with Gasteiger partial charge in [-0.1, -0.05) is 0 Å². The van der Waals surface area contributed by atoms with Crippen molar-refractivity contribution < 1.29 is 28.7 Å². The van der Waals surface area contributed by atoms with Crippen LogP contribution in [-0.4, -0.2) is 48.7 Å². The van der Waals surface area contributed by atoms with Gasteiger partial charge in [-0.3, -0.25) is 9.59 Å². The van der Waals surface area contributed by atoms with Crippen LogP contribution in [0.5, 0.6) is 0 Å². The number of carbonyl (C=O) groups is 4. The molecule has 2 N–H and O–H groups in total. The van der Waals surface area contributed by atoms with Crippen molar-refractivity contribution in [2.24, 2.45) is 5.10 Å². The molecule has 0 aromatic carbocycles. The zero-order chi connectivity index (χ0) is 15.8. The Hall–Kier alpha value is -2.45. The molecule has 0 saturated carbocycles. The van der Waals surface area contributed by atoms with E-state index in [0.29, 0.717) is 0 Å². The topological polar surface area (TPSA) is 123 Å². The van der Waals surface area contributed by atoms with Gasteiger partial charge in [0, 0.05) is 12.8 Å². The summed E-state index contributed by atoms with van der Waals surface area (Å²) in [5.74, 6) is -2.87. The molecular formula is C12H17N3O6. The van der Waals surface area contributed by atoms with Gasteiger partial charge in [0.2, 0.25) is 11.9 Å². The molecule has 21 heavy (non-hydrogen) atoms. The largest absolute Gasteiger partial charge is 0.464 e. The number of ether oxygens (including phenoxy) is 2. The maximum absolute atomic E-state index is 11.9. The highest BCUT2D eigenvalue weighted by Crippen LogP contribution is 2.01. The van der Waals surface area contributed by atoms with E-state index in [1.165, 1.54) is 0 Å². The van der Waals surface area contributed by atoms with Gasteiger partial charge >= 0.3 is 11.9 Å². The molecule has 0 fully saturated rings. The van der Waals surface area contributed by atoms with Crippen LogP contribution in [0.15, 0.2) is 5.10 Å². The lowest BCUT2D eigenvalue weighted by atomic mass is 10.1. The van der Waals surface area contributed by atoms with Crippen molar-refractivity contribution in [1.29, 1.82) is 0 Å². The Bertz CT molecular complexity index is 456. The molecule has 2 amide bonds. The van der Waals surface area contributed by atoms with Crippen molar-refractivity contribution >= 4 is 29.5 Å².